The molecule has 1 aliphatic heterocycles. The third-order valence-corrected chi connectivity index (χ3v) is 3.10. The van der Waals surface area contributed by atoms with Crippen LogP contribution >= 0.6 is 0 Å². The van der Waals surface area contributed by atoms with Gasteiger partial charge in [0.15, 0.2) is 0 Å². The average Bonchev–Trinajstić information content (AvgIpc) is 2.63. The molecule has 2 unspecified atom stereocenters. The second kappa shape index (κ2) is 6.11. The van der Waals surface area contributed by atoms with E-state index in [1.54, 1.807) is 6.92 Å². The Hall–Kier alpha value is -0.570. The summed E-state index contributed by atoms with van der Waals surface area (Å²) in [4.78, 5) is 11.0. The fraction of sp³-hybridized carbons (Fsp3) is 0.917. The van der Waals surface area contributed by atoms with E-state index in [1.807, 2.05) is 0 Å². The maximum atomic E-state index is 11.0. The van der Waals surface area contributed by atoms with Crippen molar-refractivity contribution in [1.82, 2.24) is 5.32 Å². The SMILES string of the molecule is CC(=O)NC(CCC1CCOC1)C(C)C. The van der Waals surface area contributed by atoms with Crippen LogP contribution in [0.2, 0.25) is 0 Å². The molecule has 3 heteroatoms. The molecule has 3 nitrogen and oxygen atoms in total. The molecule has 0 radical (unpaired) electrons. The Bertz CT molecular complexity index is 198. The van der Waals surface area contributed by atoms with Gasteiger partial charge in [0.2, 0.25) is 5.91 Å². The van der Waals surface area contributed by atoms with E-state index in [2.05, 4.69) is 19.2 Å². The molecular formula is C12H23NO2. The van der Waals surface area contributed by atoms with Gasteiger partial charge in [-0.1, -0.05) is 13.8 Å². The average molecular weight is 213 g/mol. The molecule has 0 bridgehead atoms. The monoisotopic (exact) mass is 213 g/mol. The molecule has 0 aliphatic carbocycles. The molecular weight excluding hydrogens is 190 g/mol. The van der Waals surface area contributed by atoms with Crippen molar-refractivity contribution >= 4 is 5.91 Å². The maximum Gasteiger partial charge on any atom is 0.217 e. The molecule has 1 heterocycles. The Balaban J connectivity index is 2.27. The van der Waals surface area contributed by atoms with E-state index in [0.717, 1.165) is 19.6 Å². The predicted molar refractivity (Wildman–Crippen MR) is 60.6 cm³/mol. The van der Waals surface area contributed by atoms with Crippen molar-refractivity contribution in [2.24, 2.45) is 11.8 Å². The van der Waals surface area contributed by atoms with Gasteiger partial charge < -0.3 is 10.1 Å². The summed E-state index contributed by atoms with van der Waals surface area (Å²) < 4.78 is 5.34. The molecule has 1 rings (SSSR count). The Morgan fingerprint density at radius 1 is 1.53 bits per heavy atom. The lowest BCUT2D eigenvalue weighted by Crippen LogP contribution is -2.37. The van der Waals surface area contributed by atoms with E-state index in [0.29, 0.717) is 17.9 Å². The fourth-order valence-electron chi connectivity index (χ4n) is 2.06. The number of hydrogen-bond acceptors (Lipinski definition) is 2. The van der Waals surface area contributed by atoms with Crippen molar-refractivity contribution in [3.63, 3.8) is 0 Å². The topological polar surface area (TPSA) is 38.3 Å². The molecule has 0 aromatic carbocycles. The van der Waals surface area contributed by atoms with Crippen LogP contribution in [0.4, 0.5) is 0 Å². The van der Waals surface area contributed by atoms with Crippen LogP contribution in [-0.4, -0.2) is 25.2 Å². The van der Waals surface area contributed by atoms with E-state index in [-0.39, 0.29) is 5.91 Å². The van der Waals surface area contributed by atoms with Gasteiger partial charge in [0.05, 0.1) is 0 Å². The largest absolute Gasteiger partial charge is 0.381 e. The van der Waals surface area contributed by atoms with Gasteiger partial charge in [-0.15, -0.1) is 0 Å². The molecule has 1 amide bonds. The van der Waals surface area contributed by atoms with Crippen molar-refractivity contribution in [3.05, 3.63) is 0 Å². The van der Waals surface area contributed by atoms with Crippen LogP contribution in [0.15, 0.2) is 0 Å². The number of hydrogen-bond donors (Lipinski definition) is 1. The van der Waals surface area contributed by atoms with Crippen molar-refractivity contribution in [1.29, 1.82) is 0 Å². The summed E-state index contributed by atoms with van der Waals surface area (Å²) in [5.74, 6) is 1.30. The minimum atomic E-state index is 0.0800. The zero-order valence-corrected chi connectivity index (χ0v) is 10.1. The molecule has 15 heavy (non-hydrogen) atoms. The Labute approximate surface area is 92.6 Å². The first-order valence-electron chi connectivity index (χ1n) is 5.94. The van der Waals surface area contributed by atoms with Crippen LogP contribution in [0, 0.1) is 11.8 Å². The molecule has 0 aromatic heterocycles. The zero-order chi connectivity index (χ0) is 11.3. The number of rotatable bonds is 5. The van der Waals surface area contributed by atoms with Crippen LogP contribution in [0.25, 0.3) is 0 Å². The van der Waals surface area contributed by atoms with E-state index >= 15 is 0 Å². The zero-order valence-electron chi connectivity index (χ0n) is 10.1. The van der Waals surface area contributed by atoms with Gasteiger partial charge >= 0.3 is 0 Å². The van der Waals surface area contributed by atoms with Crippen LogP contribution in [0.3, 0.4) is 0 Å². The van der Waals surface area contributed by atoms with Crippen LogP contribution < -0.4 is 5.32 Å². The molecule has 88 valence electrons. The lowest BCUT2D eigenvalue weighted by atomic mass is 9.93. The molecule has 1 saturated heterocycles. The Morgan fingerprint density at radius 2 is 2.27 bits per heavy atom. The van der Waals surface area contributed by atoms with E-state index < -0.39 is 0 Å². The van der Waals surface area contributed by atoms with Crippen LogP contribution in [0.1, 0.15) is 40.0 Å². The second-order valence-electron chi connectivity index (χ2n) is 4.86. The highest BCUT2D eigenvalue weighted by atomic mass is 16.5. The van der Waals surface area contributed by atoms with Crippen molar-refractivity contribution in [3.8, 4) is 0 Å². The standard InChI is InChI=1S/C12H23NO2/c1-9(2)12(13-10(3)14)5-4-11-6-7-15-8-11/h9,11-12H,4-8H2,1-3H3,(H,13,14). The first-order valence-corrected chi connectivity index (χ1v) is 5.94. The summed E-state index contributed by atoms with van der Waals surface area (Å²) in [6, 6.07) is 0.322. The van der Waals surface area contributed by atoms with Crippen LogP contribution in [-0.2, 0) is 9.53 Å². The highest BCUT2D eigenvalue weighted by Gasteiger charge is 2.20. The number of ether oxygens (including phenoxy) is 1. The molecule has 1 fully saturated rings. The summed E-state index contributed by atoms with van der Waals surface area (Å²) in [7, 11) is 0. The van der Waals surface area contributed by atoms with Gasteiger partial charge in [-0.05, 0) is 31.1 Å². The van der Waals surface area contributed by atoms with E-state index in [4.69, 9.17) is 4.74 Å². The van der Waals surface area contributed by atoms with E-state index in [1.165, 1.54) is 12.8 Å². The second-order valence-corrected chi connectivity index (χ2v) is 4.86. The van der Waals surface area contributed by atoms with Gasteiger partial charge in [0.1, 0.15) is 0 Å². The summed E-state index contributed by atoms with van der Waals surface area (Å²) in [5, 5.41) is 3.02. The van der Waals surface area contributed by atoms with E-state index in [9.17, 15) is 4.79 Å². The number of amides is 1. The minimum Gasteiger partial charge on any atom is -0.381 e. The first-order chi connectivity index (χ1) is 7.09. The summed E-state index contributed by atoms with van der Waals surface area (Å²) >= 11 is 0. The normalized spacial score (nSPS) is 23.1. The maximum absolute atomic E-state index is 11.0. The Morgan fingerprint density at radius 3 is 2.73 bits per heavy atom. The summed E-state index contributed by atoms with van der Waals surface area (Å²) in [5.41, 5.74) is 0. The lowest BCUT2D eigenvalue weighted by Gasteiger charge is -2.22. The van der Waals surface area contributed by atoms with Crippen molar-refractivity contribution in [2.75, 3.05) is 13.2 Å². The number of nitrogens with one attached hydrogen (secondary N) is 1. The quantitative estimate of drug-likeness (QED) is 0.758. The molecule has 1 N–H and O–H groups in total. The summed E-state index contributed by atoms with van der Waals surface area (Å²) in [6.07, 6.45) is 3.43. The highest BCUT2D eigenvalue weighted by Crippen LogP contribution is 2.20. The van der Waals surface area contributed by atoms with Gasteiger partial charge in [-0.3, -0.25) is 4.79 Å². The smallest absolute Gasteiger partial charge is 0.217 e. The van der Waals surface area contributed by atoms with Gasteiger partial charge in [0, 0.05) is 26.2 Å². The van der Waals surface area contributed by atoms with Crippen LogP contribution in [0.5, 0.6) is 0 Å². The lowest BCUT2D eigenvalue weighted by molar-refractivity contribution is -0.120. The molecule has 0 aromatic rings. The summed E-state index contributed by atoms with van der Waals surface area (Å²) in [6.45, 7) is 7.73. The number of carbonyl (C=O) groups is 1. The number of carbonyl (C=O) groups excluding carboxylic acids is 1. The fourth-order valence-corrected chi connectivity index (χ4v) is 2.06. The highest BCUT2D eigenvalue weighted by molar-refractivity contribution is 5.73. The first kappa shape index (κ1) is 12.5. The third-order valence-electron chi connectivity index (χ3n) is 3.10. The van der Waals surface area contributed by atoms with Crippen molar-refractivity contribution in [2.45, 2.75) is 46.1 Å². The van der Waals surface area contributed by atoms with Gasteiger partial charge in [0.25, 0.3) is 0 Å². The van der Waals surface area contributed by atoms with Gasteiger partial charge in [-0.2, -0.15) is 0 Å². The molecule has 2 atom stereocenters. The van der Waals surface area contributed by atoms with Gasteiger partial charge in [-0.25, -0.2) is 0 Å². The predicted octanol–water partition coefficient (Wildman–Crippen LogP) is 1.96. The van der Waals surface area contributed by atoms with Crippen molar-refractivity contribution < 1.29 is 9.53 Å². The Kier molecular flexibility index (Phi) is 5.09. The molecule has 0 spiro atoms. The molecule has 1 aliphatic rings. The third kappa shape index (κ3) is 4.65. The molecule has 0 saturated carbocycles. The minimum absolute atomic E-state index is 0.0800.